The Hall–Kier alpha value is -2.19. The summed E-state index contributed by atoms with van der Waals surface area (Å²) in [6.45, 7) is 9.24. The molecule has 0 aliphatic heterocycles. The summed E-state index contributed by atoms with van der Waals surface area (Å²) < 4.78 is 23.4. The van der Waals surface area contributed by atoms with E-state index in [0.717, 1.165) is 58.8 Å². The zero-order chi connectivity index (χ0) is 27.3. The highest BCUT2D eigenvalue weighted by atomic mass is 79.9. The number of alkyl halides is 1. The van der Waals surface area contributed by atoms with Crippen molar-refractivity contribution in [3.8, 4) is 0 Å². The molecule has 0 spiro atoms. The van der Waals surface area contributed by atoms with E-state index in [-0.39, 0.29) is 17.6 Å². The molecular weight excluding hydrogens is 548 g/mol. The fourth-order valence-electron chi connectivity index (χ4n) is 5.18. The molecule has 0 unspecified atom stereocenters. The lowest BCUT2D eigenvalue weighted by Crippen LogP contribution is -2.26. The van der Waals surface area contributed by atoms with Gasteiger partial charge in [0, 0.05) is 11.2 Å². The van der Waals surface area contributed by atoms with Gasteiger partial charge in [0.15, 0.2) is 0 Å². The number of carboxylic acid groups (broad SMARTS) is 1. The first kappa shape index (κ1) is 30.4. The molecule has 1 aliphatic rings. The Bertz CT molecular complexity index is 1020. The number of benzene rings is 2. The van der Waals surface area contributed by atoms with Crippen molar-refractivity contribution in [2.75, 3.05) is 38.4 Å². The molecule has 1 aliphatic carbocycles. The molecule has 0 radical (unpaired) electrons. The highest BCUT2D eigenvalue weighted by molar-refractivity contribution is 9.09. The van der Waals surface area contributed by atoms with Crippen LogP contribution in [-0.4, -0.2) is 55.5 Å². The molecule has 1 saturated carbocycles. The van der Waals surface area contributed by atoms with E-state index < -0.39 is 5.97 Å². The SMILES string of the molecule is Cc1cc(C)c(/C(C(=O)O)=C(\OCc2ccccc2)C2CCC(OCCOCCOCCBr)CC2)c(C)c1. The number of carbonyl (C=O) groups is 1. The molecule has 1 N–H and O–H groups in total. The number of hydrogen-bond acceptors (Lipinski definition) is 5. The lowest BCUT2D eigenvalue weighted by molar-refractivity contribution is -0.130. The Balaban J connectivity index is 1.71. The zero-order valence-corrected chi connectivity index (χ0v) is 24.4. The molecule has 0 aromatic heterocycles. The van der Waals surface area contributed by atoms with Crippen molar-refractivity contribution in [3.63, 3.8) is 0 Å². The van der Waals surface area contributed by atoms with Crippen LogP contribution in [0.1, 0.15) is 53.5 Å². The minimum Gasteiger partial charge on any atom is -0.492 e. The van der Waals surface area contributed by atoms with Gasteiger partial charge in [0.2, 0.25) is 0 Å². The number of allylic oxidation sites excluding steroid dienone is 1. The normalized spacial score (nSPS) is 18.2. The van der Waals surface area contributed by atoms with Crippen molar-refractivity contribution < 1.29 is 28.8 Å². The average molecular weight is 590 g/mol. The predicted molar refractivity (Wildman–Crippen MR) is 154 cm³/mol. The van der Waals surface area contributed by atoms with E-state index in [2.05, 4.69) is 15.9 Å². The third-order valence-corrected chi connectivity index (χ3v) is 7.17. The topological polar surface area (TPSA) is 74.2 Å². The van der Waals surface area contributed by atoms with Gasteiger partial charge in [0.1, 0.15) is 17.9 Å². The van der Waals surface area contributed by atoms with Gasteiger partial charge in [-0.15, -0.1) is 0 Å². The predicted octanol–water partition coefficient (Wildman–Crippen LogP) is 6.63. The Morgan fingerprint density at radius 2 is 1.50 bits per heavy atom. The van der Waals surface area contributed by atoms with Gasteiger partial charge in [-0.05, 0) is 68.7 Å². The molecule has 2 aromatic rings. The minimum absolute atomic E-state index is 0.0209. The number of aryl methyl sites for hydroxylation is 3. The standard InChI is InChI=1S/C31H41BrO6/c1-22-19-23(2)28(24(3)20-22)29(31(33)34)30(38-21-25-7-5-4-6-8-25)26-9-11-27(12-10-26)37-18-17-36-16-15-35-14-13-32/h4-8,19-20,26-27H,9-18,21H2,1-3H3,(H,33,34)/b30-29+. The maximum Gasteiger partial charge on any atom is 0.339 e. The molecule has 3 rings (SSSR count). The molecule has 0 saturated heterocycles. The van der Waals surface area contributed by atoms with Crippen molar-refractivity contribution in [1.82, 2.24) is 0 Å². The van der Waals surface area contributed by atoms with E-state index in [1.165, 1.54) is 0 Å². The Labute approximate surface area is 235 Å². The van der Waals surface area contributed by atoms with Gasteiger partial charge < -0.3 is 24.1 Å². The van der Waals surface area contributed by atoms with E-state index in [4.69, 9.17) is 18.9 Å². The van der Waals surface area contributed by atoms with Crippen LogP contribution in [0.2, 0.25) is 0 Å². The largest absolute Gasteiger partial charge is 0.492 e. The summed E-state index contributed by atoms with van der Waals surface area (Å²) in [7, 11) is 0. The van der Waals surface area contributed by atoms with Gasteiger partial charge >= 0.3 is 5.97 Å². The monoisotopic (exact) mass is 588 g/mol. The van der Waals surface area contributed by atoms with E-state index in [9.17, 15) is 9.90 Å². The molecule has 208 valence electrons. The second kappa shape index (κ2) is 16.0. The fraction of sp³-hybridized carbons (Fsp3) is 0.516. The number of rotatable bonds is 15. The van der Waals surface area contributed by atoms with Crippen LogP contribution in [0.5, 0.6) is 0 Å². The summed E-state index contributed by atoms with van der Waals surface area (Å²) >= 11 is 3.33. The van der Waals surface area contributed by atoms with Crippen molar-refractivity contribution in [3.05, 3.63) is 76.0 Å². The van der Waals surface area contributed by atoms with E-state index in [0.29, 0.717) is 45.4 Å². The summed E-state index contributed by atoms with van der Waals surface area (Å²) in [6, 6.07) is 14.0. The summed E-state index contributed by atoms with van der Waals surface area (Å²) in [6.07, 6.45) is 3.49. The molecule has 38 heavy (non-hydrogen) atoms. The van der Waals surface area contributed by atoms with Crippen LogP contribution in [-0.2, 0) is 30.3 Å². The number of halogens is 1. The zero-order valence-electron chi connectivity index (χ0n) is 22.8. The third kappa shape index (κ3) is 9.23. The van der Waals surface area contributed by atoms with Gasteiger partial charge in [0.05, 0.1) is 39.1 Å². The molecule has 2 aromatic carbocycles. The number of hydrogen-bond donors (Lipinski definition) is 1. The molecule has 0 heterocycles. The van der Waals surface area contributed by atoms with Crippen LogP contribution >= 0.6 is 15.9 Å². The van der Waals surface area contributed by atoms with Gasteiger partial charge in [0.25, 0.3) is 0 Å². The van der Waals surface area contributed by atoms with E-state index in [1.54, 1.807) is 0 Å². The molecule has 1 fully saturated rings. The fourth-order valence-corrected chi connectivity index (χ4v) is 5.41. The first-order valence-corrected chi connectivity index (χ1v) is 14.6. The first-order chi connectivity index (χ1) is 18.4. The van der Waals surface area contributed by atoms with Crippen molar-refractivity contribution >= 4 is 27.5 Å². The van der Waals surface area contributed by atoms with Gasteiger partial charge in [-0.2, -0.15) is 0 Å². The van der Waals surface area contributed by atoms with Crippen LogP contribution < -0.4 is 0 Å². The molecule has 7 heteroatoms. The van der Waals surface area contributed by atoms with Gasteiger partial charge in [-0.1, -0.05) is 64.0 Å². The molecule has 0 amide bonds. The van der Waals surface area contributed by atoms with Crippen LogP contribution in [0.15, 0.2) is 48.2 Å². The highest BCUT2D eigenvalue weighted by Crippen LogP contribution is 2.38. The second-order valence-electron chi connectivity index (χ2n) is 9.85. The summed E-state index contributed by atoms with van der Waals surface area (Å²) in [5.41, 5.74) is 5.10. The van der Waals surface area contributed by atoms with Crippen LogP contribution in [0, 0.1) is 26.7 Å². The maximum atomic E-state index is 12.7. The molecular formula is C31H41BrO6. The van der Waals surface area contributed by atoms with Crippen molar-refractivity contribution in [1.29, 1.82) is 0 Å². The minimum atomic E-state index is -0.946. The van der Waals surface area contributed by atoms with E-state index in [1.807, 2.05) is 63.2 Å². The Kier molecular flexibility index (Phi) is 12.8. The quantitative estimate of drug-likeness (QED) is 0.109. The van der Waals surface area contributed by atoms with E-state index >= 15 is 0 Å². The van der Waals surface area contributed by atoms with Crippen LogP contribution in [0.25, 0.3) is 5.57 Å². The summed E-state index contributed by atoms with van der Waals surface area (Å²) in [5, 5.41) is 11.3. The third-order valence-electron chi connectivity index (χ3n) is 6.84. The lowest BCUT2D eigenvalue weighted by Gasteiger charge is -2.31. The van der Waals surface area contributed by atoms with Crippen molar-refractivity contribution in [2.24, 2.45) is 5.92 Å². The van der Waals surface area contributed by atoms with Gasteiger partial charge in [-0.3, -0.25) is 0 Å². The van der Waals surface area contributed by atoms with Gasteiger partial charge in [-0.25, -0.2) is 4.79 Å². The molecule has 6 nitrogen and oxygen atoms in total. The number of carboxylic acids is 1. The van der Waals surface area contributed by atoms with Crippen LogP contribution in [0.3, 0.4) is 0 Å². The molecule has 0 atom stereocenters. The average Bonchev–Trinajstić information content (AvgIpc) is 2.90. The summed E-state index contributed by atoms with van der Waals surface area (Å²) in [5.74, 6) is -0.340. The highest BCUT2D eigenvalue weighted by Gasteiger charge is 2.31. The Morgan fingerprint density at radius 1 is 0.895 bits per heavy atom. The Morgan fingerprint density at radius 3 is 2.11 bits per heavy atom. The first-order valence-electron chi connectivity index (χ1n) is 13.5. The summed E-state index contributed by atoms with van der Waals surface area (Å²) in [4.78, 5) is 12.7. The second-order valence-corrected chi connectivity index (χ2v) is 10.6. The number of ether oxygens (including phenoxy) is 4. The lowest BCUT2D eigenvalue weighted by atomic mass is 9.82. The molecule has 0 bridgehead atoms. The van der Waals surface area contributed by atoms with Crippen molar-refractivity contribution in [2.45, 2.75) is 59.2 Å². The van der Waals surface area contributed by atoms with Crippen LogP contribution in [0.4, 0.5) is 0 Å². The maximum absolute atomic E-state index is 12.7. The number of aliphatic carboxylic acids is 1. The smallest absolute Gasteiger partial charge is 0.339 e.